The third-order valence-electron chi connectivity index (χ3n) is 7.10. The lowest BCUT2D eigenvalue weighted by molar-refractivity contribution is 0.0698. The number of aromatic carboxylic acids is 1. The number of carboxylic acid groups (broad SMARTS) is 1. The number of hydrogen-bond donors (Lipinski definition) is 2. The molecule has 7 nitrogen and oxygen atoms in total. The van der Waals surface area contributed by atoms with Gasteiger partial charge in [0.25, 0.3) is 5.91 Å². The van der Waals surface area contributed by atoms with Crippen LogP contribution in [0, 0.1) is 0 Å². The first-order chi connectivity index (χ1) is 17.0. The topological polar surface area (TPSA) is 85.8 Å². The van der Waals surface area contributed by atoms with Gasteiger partial charge < -0.3 is 15.3 Å². The molecule has 1 saturated heterocycles. The first-order valence-corrected chi connectivity index (χ1v) is 12.6. The molecule has 38 heavy (non-hydrogen) atoms. The number of carbonyl (C=O) groups is 2. The molecular formula is C27H32Cl4N4O3. The summed E-state index contributed by atoms with van der Waals surface area (Å²) >= 11 is 5.99. The molecule has 0 unspecified atom stereocenters. The molecule has 2 heterocycles. The summed E-state index contributed by atoms with van der Waals surface area (Å²) in [6, 6.07) is 14.2. The first kappa shape index (κ1) is 31.9. The van der Waals surface area contributed by atoms with Gasteiger partial charge in [-0.1, -0.05) is 36.9 Å². The van der Waals surface area contributed by atoms with E-state index < -0.39 is 5.97 Å². The van der Waals surface area contributed by atoms with Crippen LogP contribution in [0.4, 0.5) is 11.5 Å². The van der Waals surface area contributed by atoms with Crippen molar-refractivity contribution in [3.8, 4) is 0 Å². The average Bonchev–Trinajstić information content (AvgIpc) is 2.88. The van der Waals surface area contributed by atoms with E-state index in [0.29, 0.717) is 39.0 Å². The third kappa shape index (κ3) is 7.21. The van der Waals surface area contributed by atoms with Crippen molar-refractivity contribution in [3.05, 3.63) is 64.7 Å². The van der Waals surface area contributed by atoms with Crippen LogP contribution < -0.4 is 10.2 Å². The molecule has 2 N–H and O–H groups in total. The van der Waals surface area contributed by atoms with Crippen LogP contribution in [-0.2, 0) is 0 Å². The lowest BCUT2D eigenvalue weighted by atomic mass is 9.94. The van der Waals surface area contributed by atoms with Crippen molar-refractivity contribution >= 4 is 83.1 Å². The van der Waals surface area contributed by atoms with Crippen molar-refractivity contribution in [2.75, 3.05) is 36.4 Å². The van der Waals surface area contributed by atoms with E-state index in [2.05, 4.69) is 15.1 Å². The van der Waals surface area contributed by atoms with Crippen LogP contribution in [0.1, 0.15) is 52.8 Å². The minimum absolute atomic E-state index is 0. The smallest absolute Gasteiger partial charge is 0.336 e. The molecule has 5 rings (SSSR count). The van der Waals surface area contributed by atoms with Gasteiger partial charge in [0.15, 0.2) is 0 Å². The van der Waals surface area contributed by atoms with Gasteiger partial charge >= 0.3 is 5.97 Å². The summed E-state index contributed by atoms with van der Waals surface area (Å²) in [5, 5.41) is 13.7. The Hall–Kier alpha value is -2.29. The molecule has 3 aromatic rings. The minimum atomic E-state index is -1.02. The van der Waals surface area contributed by atoms with Gasteiger partial charge in [-0.05, 0) is 55.3 Å². The molecule has 1 aliphatic carbocycles. The van der Waals surface area contributed by atoms with Crippen molar-refractivity contribution in [1.29, 1.82) is 0 Å². The molecule has 1 aromatic heterocycles. The Balaban J connectivity index is 0.00000169. The molecule has 11 heteroatoms. The number of benzene rings is 2. The van der Waals surface area contributed by atoms with Crippen molar-refractivity contribution in [2.24, 2.45) is 0 Å². The number of halogens is 4. The molecule has 206 valence electrons. The molecule has 2 aromatic carbocycles. The van der Waals surface area contributed by atoms with Crippen molar-refractivity contribution in [1.82, 2.24) is 9.88 Å². The first-order valence-electron chi connectivity index (χ1n) is 12.2. The number of aromatic nitrogens is 1. The number of rotatable bonds is 5. The van der Waals surface area contributed by atoms with Crippen LogP contribution in [0.2, 0.25) is 5.02 Å². The van der Waals surface area contributed by atoms with Gasteiger partial charge in [-0.3, -0.25) is 9.69 Å². The lowest BCUT2D eigenvalue weighted by Crippen LogP contribution is -2.51. The largest absolute Gasteiger partial charge is 0.478 e. The number of hydrogen-bond acceptors (Lipinski definition) is 5. The highest BCUT2D eigenvalue weighted by Gasteiger charge is 2.26. The molecule has 2 aliphatic rings. The third-order valence-corrected chi connectivity index (χ3v) is 7.33. The van der Waals surface area contributed by atoms with Crippen molar-refractivity contribution in [3.63, 3.8) is 0 Å². The van der Waals surface area contributed by atoms with E-state index in [-0.39, 0.29) is 48.7 Å². The predicted molar refractivity (Wildman–Crippen MR) is 161 cm³/mol. The number of piperazine rings is 1. The monoisotopic (exact) mass is 600 g/mol. The van der Waals surface area contributed by atoms with Crippen LogP contribution >= 0.6 is 48.8 Å². The molecule has 0 bridgehead atoms. The highest BCUT2D eigenvalue weighted by molar-refractivity contribution is 6.31. The Kier molecular flexibility index (Phi) is 11.9. The van der Waals surface area contributed by atoms with E-state index in [9.17, 15) is 14.7 Å². The lowest BCUT2D eigenvalue weighted by Gasteiger charge is -2.41. The summed E-state index contributed by atoms with van der Waals surface area (Å²) in [5.41, 5.74) is 1.70. The normalized spacial score (nSPS) is 16.1. The average molecular weight is 602 g/mol. The maximum absolute atomic E-state index is 12.6. The minimum Gasteiger partial charge on any atom is -0.478 e. The van der Waals surface area contributed by atoms with Crippen LogP contribution in [0.3, 0.4) is 0 Å². The van der Waals surface area contributed by atoms with Crippen LogP contribution in [0.15, 0.2) is 48.5 Å². The standard InChI is InChI=1S/C27H29ClN4O3.3ClH/c28-19-6-4-5-18(15-19)26(33)29-20-9-10-24-22(16-20)23(27(34)35)17-25(30-24)32-13-11-31(12-14-32)21-7-2-1-3-8-21;;;/h4-6,9-10,15-17,21H,1-3,7-8,11-14H2,(H,29,33)(H,34,35);3*1H. The number of amides is 1. The second kappa shape index (κ2) is 14.2. The Morgan fingerprint density at radius 2 is 1.63 bits per heavy atom. The van der Waals surface area contributed by atoms with E-state index in [1.807, 2.05) is 0 Å². The van der Waals surface area contributed by atoms with E-state index in [4.69, 9.17) is 16.6 Å². The fourth-order valence-electron chi connectivity index (χ4n) is 5.22. The van der Waals surface area contributed by atoms with Gasteiger partial charge in [-0.15, -0.1) is 37.2 Å². The van der Waals surface area contributed by atoms with Gasteiger partial charge in [0.05, 0.1) is 11.1 Å². The summed E-state index contributed by atoms with van der Waals surface area (Å²) in [4.78, 5) is 34.3. The zero-order chi connectivity index (χ0) is 24.4. The number of nitrogens with one attached hydrogen (secondary N) is 1. The number of fused-ring (bicyclic) bond motifs is 1. The molecule has 0 atom stereocenters. The highest BCUT2D eigenvalue weighted by Crippen LogP contribution is 2.28. The molecule has 1 aliphatic heterocycles. The number of anilines is 2. The van der Waals surface area contributed by atoms with Gasteiger partial charge in [0.1, 0.15) is 5.82 Å². The van der Waals surface area contributed by atoms with E-state index in [1.54, 1.807) is 48.5 Å². The molecular weight excluding hydrogens is 570 g/mol. The summed E-state index contributed by atoms with van der Waals surface area (Å²) in [6.07, 6.45) is 6.56. The van der Waals surface area contributed by atoms with E-state index >= 15 is 0 Å². The molecule has 1 saturated carbocycles. The fourth-order valence-corrected chi connectivity index (χ4v) is 5.41. The highest BCUT2D eigenvalue weighted by atomic mass is 35.5. The molecule has 1 amide bonds. The van der Waals surface area contributed by atoms with Crippen LogP contribution in [0.5, 0.6) is 0 Å². The second-order valence-electron chi connectivity index (χ2n) is 9.34. The van der Waals surface area contributed by atoms with Gasteiger partial charge in [-0.25, -0.2) is 9.78 Å². The summed E-state index contributed by atoms with van der Waals surface area (Å²) < 4.78 is 0. The number of pyridine rings is 1. The Morgan fingerprint density at radius 3 is 2.29 bits per heavy atom. The Bertz CT molecular complexity index is 1260. The Labute approximate surface area is 246 Å². The summed E-state index contributed by atoms with van der Waals surface area (Å²) in [7, 11) is 0. The summed E-state index contributed by atoms with van der Waals surface area (Å²) in [6.45, 7) is 3.62. The second-order valence-corrected chi connectivity index (χ2v) is 9.78. The van der Waals surface area contributed by atoms with Crippen molar-refractivity contribution < 1.29 is 14.7 Å². The number of carbonyl (C=O) groups excluding carboxylic acids is 1. The van der Waals surface area contributed by atoms with Gasteiger partial charge in [0, 0.05) is 53.9 Å². The Morgan fingerprint density at radius 1 is 0.921 bits per heavy atom. The number of carboxylic acids is 1. The zero-order valence-electron chi connectivity index (χ0n) is 20.8. The maximum Gasteiger partial charge on any atom is 0.336 e. The molecule has 2 fully saturated rings. The van der Waals surface area contributed by atoms with Gasteiger partial charge in [-0.2, -0.15) is 0 Å². The zero-order valence-corrected chi connectivity index (χ0v) is 24.0. The maximum atomic E-state index is 12.6. The SMILES string of the molecule is Cl.Cl.Cl.O=C(Nc1ccc2nc(N3CCN(C4CCCCC4)CC3)cc(C(=O)O)c2c1)c1cccc(Cl)c1. The van der Waals surface area contributed by atoms with Crippen LogP contribution in [-0.4, -0.2) is 59.1 Å². The van der Waals surface area contributed by atoms with Crippen LogP contribution in [0.25, 0.3) is 10.9 Å². The fraction of sp³-hybridized carbons (Fsp3) is 0.370. The van der Waals surface area contributed by atoms with Crippen molar-refractivity contribution in [2.45, 2.75) is 38.1 Å². The molecule has 0 spiro atoms. The predicted octanol–water partition coefficient (Wildman–Crippen LogP) is 6.56. The van der Waals surface area contributed by atoms with E-state index in [1.165, 1.54) is 32.1 Å². The van der Waals surface area contributed by atoms with Gasteiger partial charge in [0.2, 0.25) is 0 Å². The molecule has 0 radical (unpaired) electrons. The number of nitrogens with zero attached hydrogens (tertiary/aromatic N) is 3. The quantitative estimate of drug-likeness (QED) is 0.344. The summed E-state index contributed by atoms with van der Waals surface area (Å²) in [5.74, 6) is -0.643. The van der Waals surface area contributed by atoms with E-state index in [0.717, 1.165) is 26.2 Å².